The van der Waals surface area contributed by atoms with Gasteiger partial charge in [-0.2, -0.15) is 0 Å². The molecule has 0 spiro atoms. The Labute approximate surface area is 216 Å². The molecule has 0 amide bonds. The predicted octanol–water partition coefficient (Wildman–Crippen LogP) is 11.2. The van der Waals surface area contributed by atoms with Crippen molar-refractivity contribution in [3.05, 3.63) is 146 Å². The van der Waals surface area contributed by atoms with Gasteiger partial charge in [0.2, 0.25) is 0 Å². The maximum atomic E-state index is 2.37. The normalized spacial score (nSPS) is 10.8. The Kier molecular flexibility index (Phi) is 6.56. The summed E-state index contributed by atoms with van der Waals surface area (Å²) in [6.45, 7) is 0. The molecule has 0 fully saturated rings. The van der Waals surface area contributed by atoms with Gasteiger partial charge in [-0.3, -0.25) is 0 Å². The number of hydrogen-bond acceptors (Lipinski definition) is 0. The molecular formula is C34H24P2. The highest BCUT2D eigenvalue weighted by atomic mass is 31.0. The van der Waals surface area contributed by atoms with Crippen LogP contribution in [0.2, 0.25) is 0 Å². The molecular weight excluding hydrogens is 470 g/mol. The van der Waals surface area contributed by atoms with E-state index in [2.05, 4.69) is 146 Å². The van der Waals surface area contributed by atoms with Gasteiger partial charge in [0.15, 0.2) is 0 Å². The third-order valence-corrected chi connectivity index (χ3v) is 8.78. The highest BCUT2D eigenvalue weighted by molar-refractivity contribution is 7.38. The number of hydrogen-bond donors (Lipinski definition) is 0. The molecule has 0 saturated carbocycles. The van der Waals surface area contributed by atoms with Crippen molar-refractivity contribution in [2.24, 2.45) is 0 Å². The van der Waals surface area contributed by atoms with Gasteiger partial charge >= 0.3 is 0 Å². The number of benzene rings is 4. The Morgan fingerprint density at radius 3 is 0.694 bits per heavy atom. The van der Waals surface area contributed by atoms with Gasteiger partial charge in [0, 0.05) is 21.2 Å². The summed E-state index contributed by atoms with van der Waals surface area (Å²) in [5.41, 5.74) is 7.59. The van der Waals surface area contributed by atoms with E-state index in [-0.39, 0.29) is 0 Å². The van der Waals surface area contributed by atoms with Gasteiger partial charge in [0.25, 0.3) is 0 Å². The second-order valence-corrected chi connectivity index (χ2v) is 11.1. The van der Waals surface area contributed by atoms with Gasteiger partial charge in [-0.15, -0.1) is 0 Å². The molecule has 2 aromatic heterocycles. The molecule has 0 N–H and O–H groups in total. The molecule has 4 aromatic carbocycles. The van der Waals surface area contributed by atoms with Crippen LogP contribution in [0.15, 0.2) is 146 Å². The quantitative estimate of drug-likeness (QED) is 0.224. The zero-order chi connectivity index (χ0) is 24.2. The van der Waals surface area contributed by atoms with E-state index < -0.39 is 0 Å². The van der Waals surface area contributed by atoms with Gasteiger partial charge in [-0.05, 0) is 57.6 Å². The molecule has 0 saturated heterocycles. The minimum Gasteiger partial charge on any atom is -0.0622 e. The molecule has 0 radical (unpaired) electrons. The lowest BCUT2D eigenvalue weighted by Gasteiger charge is -2.14. The predicted molar refractivity (Wildman–Crippen MR) is 159 cm³/mol. The lowest BCUT2D eigenvalue weighted by Crippen LogP contribution is -1.85. The third-order valence-electron chi connectivity index (χ3n) is 6.26. The van der Waals surface area contributed by atoms with Crippen molar-refractivity contribution in [3.63, 3.8) is 0 Å². The molecule has 170 valence electrons. The van der Waals surface area contributed by atoms with Crippen molar-refractivity contribution in [1.82, 2.24) is 0 Å². The zero-order valence-electron chi connectivity index (χ0n) is 19.8. The van der Waals surface area contributed by atoms with Crippen LogP contribution >= 0.6 is 16.4 Å². The fourth-order valence-corrected chi connectivity index (χ4v) is 6.87. The lowest BCUT2D eigenvalue weighted by molar-refractivity contribution is 1.63. The average Bonchev–Trinajstić information content (AvgIpc) is 2.98. The van der Waals surface area contributed by atoms with Gasteiger partial charge < -0.3 is 0 Å². The van der Waals surface area contributed by atoms with Crippen LogP contribution in [0, 0.1) is 0 Å². The molecule has 0 atom stereocenters. The summed E-state index contributed by atoms with van der Waals surface area (Å²) >= 11 is 0. The molecule has 2 heterocycles. The highest BCUT2D eigenvalue weighted by Crippen LogP contribution is 2.44. The molecule has 0 aliphatic carbocycles. The van der Waals surface area contributed by atoms with Crippen LogP contribution in [0.25, 0.3) is 54.6 Å². The summed E-state index contributed by atoms with van der Waals surface area (Å²) in [5.74, 6) is 0. The van der Waals surface area contributed by atoms with Gasteiger partial charge in [-0.1, -0.05) is 138 Å². The lowest BCUT2D eigenvalue weighted by atomic mass is 10.0. The Bertz CT molecular complexity index is 1350. The fraction of sp³-hybridized carbons (Fsp3) is 0. The van der Waals surface area contributed by atoms with Crippen LogP contribution < -0.4 is 0 Å². The first-order chi connectivity index (χ1) is 17.8. The monoisotopic (exact) mass is 494 g/mol. The second kappa shape index (κ2) is 10.4. The Hall–Kier alpha value is -3.82. The second-order valence-electron chi connectivity index (χ2n) is 8.72. The van der Waals surface area contributed by atoms with Gasteiger partial charge in [0.1, 0.15) is 0 Å². The van der Waals surface area contributed by atoms with Crippen LogP contribution in [0.5, 0.6) is 0 Å². The van der Waals surface area contributed by atoms with Crippen molar-refractivity contribution >= 4 is 16.4 Å². The Morgan fingerprint density at radius 2 is 0.472 bits per heavy atom. The molecule has 6 rings (SSSR count). The summed E-state index contributed by atoms with van der Waals surface area (Å²) in [5, 5.41) is 5.30. The maximum Gasteiger partial charge on any atom is 0.0102 e. The smallest absolute Gasteiger partial charge is 0.0102 e. The molecule has 0 nitrogen and oxygen atoms in total. The highest BCUT2D eigenvalue weighted by Gasteiger charge is 2.12. The Balaban J connectivity index is 1.58. The van der Waals surface area contributed by atoms with Crippen molar-refractivity contribution in [3.8, 4) is 54.6 Å². The third kappa shape index (κ3) is 4.93. The van der Waals surface area contributed by atoms with Crippen LogP contribution in [0.4, 0.5) is 0 Å². The molecule has 0 bridgehead atoms. The summed E-state index contributed by atoms with van der Waals surface area (Å²) in [4.78, 5) is 0. The molecule has 0 aliphatic heterocycles. The average molecular weight is 495 g/mol. The molecule has 36 heavy (non-hydrogen) atoms. The van der Waals surface area contributed by atoms with E-state index in [1.165, 1.54) is 70.9 Å². The van der Waals surface area contributed by atoms with Gasteiger partial charge in [-0.25, -0.2) is 0 Å². The van der Waals surface area contributed by atoms with Crippen molar-refractivity contribution in [2.45, 2.75) is 0 Å². The topological polar surface area (TPSA) is 0 Å². The SMILES string of the molecule is c1ccc(-c2cc(-c3cc(-c4ccccc4)pc(-c4ccccc4)c3)cc(-c3ccccc3)p2)cc1. The molecule has 2 heteroatoms. The van der Waals surface area contributed by atoms with Crippen LogP contribution in [-0.2, 0) is 0 Å². The van der Waals surface area contributed by atoms with E-state index in [4.69, 9.17) is 0 Å². The van der Waals surface area contributed by atoms with E-state index in [1.807, 2.05) is 0 Å². The standard InChI is InChI=1S/C34H24P2/c1-5-13-25(14-6-1)31-21-29(22-32(35-31)26-15-7-2-8-16-26)30-23-33(27-17-9-3-10-18-27)36-34(24-30)28-19-11-4-12-20-28/h1-24H. The van der Waals surface area contributed by atoms with E-state index >= 15 is 0 Å². The first kappa shape index (κ1) is 22.6. The first-order valence-corrected chi connectivity index (χ1v) is 13.9. The van der Waals surface area contributed by atoms with E-state index in [0.29, 0.717) is 0 Å². The van der Waals surface area contributed by atoms with Crippen LogP contribution in [0.1, 0.15) is 0 Å². The van der Waals surface area contributed by atoms with E-state index in [9.17, 15) is 0 Å². The van der Waals surface area contributed by atoms with E-state index in [0.717, 1.165) is 0 Å². The van der Waals surface area contributed by atoms with Crippen LogP contribution in [0.3, 0.4) is 0 Å². The summed E-state index contributed by atoms with van der Waals surface area (Å²) < 4.78 is 0. The van der Waals surface area contributed by atoms with Crippen molar-refractivity contribution in [1.29, 1.82) is 0 Å². The summed E-state index contributed by atoms with van der Waals surface area (Å²) in [7, 11) is 2.46. The zero-order valence-corrected chi connectivity index (χ0v) is 21.5. The minimum atomic E-state index is 1.23. The Morgan fingerprint density at radius 1 is 0.250 bits per heavy atom. The summed E-state index contributed by atoms with van der Waals surface area (Å²) in [6, 6.07) is 52.5. The largest absolute Gasteiger partial charge is 0.0622 e. The van der Waals surface area contributed by atoms with Crippen molar-refractivity contribution in [2.75, 3.05) is 0 Å². The molecule has 6 aromatic rings. The van der Waals surface area contributed by atoms with Crippen LogP contribution in [-0.4, -0.2) is 0 Å². The van der Waals surface area contributed by atoms with Gasteiger partial charge in [0.05, 0.1) is 0 Å². The molecule has 0 aliphatic rings. The minimum absolute atomic E-state index is 1.23. The number of rotatable bonds is 5. The van der Waals surface area contributed by atoms with E-state index in [1.54, 1.807) is 0 Å². The van der Waals surface area contributed by atoms with Crippen molar-refractivity contribution < 1.29 is 0 Å². The maximum absolute atomic E-state index is 2.37. The first-order valence-electron chi connectivity index (χ1n) is 12.1. The summed E-state index contributed by atoms with van der Waals surface area (Å²) in [6.07, 6.45) is 0. The molecule has 0 unspecified atom stereocenters. The fourth-order valence-electron chi connectivity index (χ4n) is 4.42.